The van der Waals surface area contributed by atoms with Crippen LogP contribution in [0, 0.1) is 5.92 Å². The highest BCUT2D eigenvalue weighted by Crippen LogP contribution is 2.31. The zero-order valence-electron chi connectivity index (χ0n) is 14.4. The Morgan fingerprint density at radius 2 is 2.04 bits per heavy atom. The highest BCUT2D eigenvalue weighted by atomic mass is 16.5. The summed E-state index contributed by atoms with van der Waals surface area (Å²) in [7, 11) is 1.66. The summed E-state index contributed by atoms with van der Waals surface area (Å²) in [5.74, 6) is 0.541. The fraction of sp³-hybridized carbons (Fsp3) is 0.529. The first kappa shape index (κ1) is 17.5. The molecule has 2 aromatic rings. The molecule has 0 spiro atoms. The molecule has 25 heavy (non-hydrogen) atoms. The Balaban J connectivity index is 1.87. The van der Waals surface area contributed by atoms with E-state index in [1.165, 1.54) is 0 Å². The maximum atomic E-state index is 11.5. The molecule has 0 aliphatic carbocycles. The van der Waals surface area contributed by atoms with E-state index in [4.69, 9.17) is 10.5 Å². The quantitative estimate of drug-likeness (QED) is 0.790. The monoisotopic (exact) mass is 344 g/mol. The fourth-order valence-electron chi connectivity index (χ4n) is 3.35. The van der Waals surface area contributed by atoms with Crippen LogP contribution in [0.25, 0.3) is 0 Å². The summed E-state index contributed by atoms with van der Waals surface area (Å²) < 4.78 is 6.95. The number of piperidine rings is 1. The number of nitrogens with zero attached hydrogens (tertiary/aromatic N) is 5. The minimum absolute atomic E-state index is 0.0443. The second kappa shape index (κ2) is 8.17. The zero-order valence-corrected chi connectivity index (χ0v) is 14.4. The molecule has 1 aromatic carbocycles. The van der Waals surface area contributed by atoms with E-state index in [9.17, 15) is 4.79 Å². The van der Waals surface area contributed by atoms with Gasteiger partial charge in [0.05, 0.1) is 19.2 Å². The van der Waals surface area contributed by atoms with Crippen LogP contribution in [0.3, 0.4) is 0 Å². The van der Waals surface area contributed by atoms with Crippen LogP contribution in [0.2, 0.25) is 0 Å². The van der Waals surface area contributed by atoms with Crippen molar-refractivity contribution in [2.45, 2.75) is 25.4 Å². The Morgan fingerprint density at radius 1 is 1.32 bits per heavy atom. The molecule has 0 bridgehead atoms. The van der Waals surface area contributed by atoms with Crippen molar-refractivity contribution in [1.29, 1.82) is 0 Å². The molecule has 2 heterocycles. The summed E-state index contributed by atoms with van der Waals surface area (Å²) in [5.41, 5.74) is 6.60. The van der Waals surface area contributed by atoms with Crippen molar-refractivity contribution in [3.8, 4) is 0 Å². The van der Waals surface area contributed by atoms with Gasteiger partial charge in [0.2, 0.25) is 5.91 Å². The van der Waals surface area contributed by atoms with E-state index in [1.807, 2.05) is 18.2 Å². The molecular formula is C17H24N6O2. The lowest BCUT2D eigenvalue weighted by Gasteiger charge is -2.36. The lowest BCUT2D eigenvalue weighted by atomic mass is 9.93. The molecule has 8 heteroatoms. The highest BCUT2D eigenvalue weighted by molar-refractivity contribution is 5.76. The number of methoxy groups -OCH3 is 1. The third kappa shape index (κ3) is 4.02. The molecule has 1 amide bonds. The smallest absolute Gasteiger partial charge is 0.220 e. The molecule has 0 radical (unpaired) electrons. The number of hydrogen-bond donors (Lipinski definition) is 1. The third-order valence-corrected chi connectivity index (χ3v) is 4.72. The minimum Gasteiger partial charge on any atom is -0.383 e. The summed E-state index contributed by atoms with van der Waals surface area (Å²) >= 11 is 0. The number of tetrazole rings is 1. The summed E-state index contributed by atoms with van der Waals surface area (Å²) in [4.78, 5) is 13.8. The predicted molar refractivity (Wildman–Crippen MR) is 91.5 cm³/mol. The van der Waals surface area contributed by atoms with Gasteiger partial charge in [-0.05, 0) is 41.9 Å². The van der Waals surface area contributed by atoms with Gasteiger partial charge in [0.15, 0.2) is 5.82 Å². The molecule has 8 nitrogen and oxygen atoms in total. The van der Waals surface area contributed by atoms with Crippen LogP contribution in [0.4, 0.5) is 0 Å². The Labute approximate surface area is 146 Å². The number of benzene rings is 1. The molecular weight excluding hydrogens is 320 g/mol. The first-order valence-corrected chi connectivity index (χ1v) is 8.54. The first-order chi connectivity index (χ1) is 12.2. The molecule has 3 rings (SSSR count). The number of carbonyl (C=O) groups excluding carboxylic acids is 1. The van der Waals surface area contributed by atoms with Crippen LogP contribution in [-0.2, 0) is 16.1 Å². The second-order valence-corrected chi connectivity index (χ2v) is 6.28. The maximum Gasteiger partial charge on any atom is 0.220 e. The van der Waals surface area contributed by atoms with Crippen LogP contribution in [0.15, 0.2) is 30.3 Å². The van der Waals surface area contributed by atoms with E-state index in [0.29, 0.717) is 13.2 Å². The van der Waals surface area contributed by atoms with Crippen molar-refractivity contribution < 1.29 is 9.53 Å². The second-order valence-electron chi connectivity index (χ2n) is 6.28. The van der Waals surface area contributed by atoms with Gasteiger partial charge < -0.3 is 10.5 Å². The molecule has 1 fully saturated rings. The summed E-state index contributed by atoms with van der Waals surface area (Å²) in [6.45, 7) is 2.71. The molecule has 1 aromatic heterocycles. The van der Waals surface area contributed by atoms with E-state index >= 15 is 0 Å². The van der Waals surface area contributed by atoms with Gasteiger partial charge in [0.25, 0.3) is 0 Å². The van der Waals surface area contributed by atoms with Crippen LogP contribution >= 0.6 is 0 Å². The number of amides is 1. The van der Waals surface area contributed by atoms with Gasteiger partial charge in [0.1, 0.15) is 0 Å². The van der Waals surface area contributed by atoms with Crippen molar-refractivity contribution >= 4 is 5.91 Å². The molecule has 1 saturated heterocycles. The Hall–Kier alpha value is -2.32. The summed E-state index contributed by atoms with van der Waals surface area (Å²) in [6.07, 6.45) is 1.52. The zero-order chi connectivity index (χ0) is 17.6. The molecule has 134 valence electrons. The van der Waals surface area contributed by atoms with Crippen molar-refractivity contribution in [2.75, 3.05) is 26.8 Å². The normalized spacial score (nSPS) is 17.5. The van der Waals surface area contributed by atoms with Crippen molar-refractivity contribution in [3.05, 3.63) is 41.7 Å². The van der Waals surface area contributed by atoms with Crippen molar-refractivity contribution in [1.82, 2.24) is 25.1 Å². The van der Waals surface area contributed by atoms with E-state index in [0.717, 1.165) is 37.3 Å². The number of ether oxygens (including phenoxy) is 1. The number of nitrogens with two attached hydrogens (primary N) is 1. The van der Waals surface area contributed by atoms with Crippen LogP contribution in [-0.4, -0.2) is 57.8 Å². The SMILES string of the molecule is COCCn1nnnc1[C@H](c1ccccc1)N1CCC(C(N)=O)CC1. The molecule has 1 aliphatic heterocycles. The number of hydrogen-bond acceptors (Lipinski definition) is 6. The molecule has 2 N–H and O–H groups in total. The van der Waals surface area contributed by atoms with Gasteiger partial charge in [-0.15, -0.1) is 5.10 Å². The maximum absolute atomic E-state index is 11.5. The standard InChI is InChI=1S/C17H24N6O2/c1-25-12-11-23-17(19-20-21-23)15(13-5-3-2-4-6-13)22-9-7-14(8-10-22)16(18)24/h2-6,14-15H,7-12H2,1H3,(H2,18,24)/t15-/m0/s1. The molecule has 1 aliphatic rings. The van der Waals surface area contributed by atoms with Gasteiger partial charge in [0, 0.05) is 13.0 Å². The average Bonchev–Trinajstić information content (AvgIpc) is 3.09. The Bertz CT molecular complexity index is 681. The van der Waals surface area contributed by atoms with Gasteiger partial charge >= 0.3 is 0 Å². The number of aromatic nitrogens is 4. The van der Waals surface area contributed by atoms with Crippen LogP contribution in [0.1, 0.15) is 30.3 Å². The topological polar surface area (TPSA) is 99.2 Å². The van der Waals surface area contributed by atoms with Gasteiger partial charge in [-0.2, -0.15) is 0 Å². The van der Waals surface area contributed by atoms with E-state index in [-0.39, 0.29) is 17.9 Å². The van der Waals surface area contributed by atoms with Gasteiger partial charge in [-0.1, -0.05) is 30.3 Å². The van der Waals surface area contributed by atoms with Gasteiger partial charge in [-0.3, -0.25) is 9.69 Å². The third-order valence-electron chi connectivity index (χ3n) is 4.72. The largest absolute Gasteiger partial charge is 0.383 e. The molecule has 1 atom stereocenters. The van der Waals surface area contributed by atoms with Crippen LogP contribution < -0.4 is 5.73 Å². The van der Waals surface area contributed by atoms with Crippen LogP contribution in [0.5, 0.6) is 0 Å². The molecule has 0 unspecified atom stereocenters. The highest BCUT2D eigenvalue weighted by Gasteiger charge is 2.32. The van der Waals surface area contributed by atoms with Gasteiger partial charge in [-0.25, -0.2) is 4.68 Å². The predicted octanol–water partition coefficient (Wildman–Crippen LogP) is 0.606. The lowest BCUT2D eigenvalue weighted by Crippen LogP contribution is -2.41. The number of rotatable bonds is 7. The number of carbonyl (C=O) groups is 1. The van der Waals surface area contributed by atoms with E-state index < -0.39 is 0 Å². The number of likely N-dealkylation sites (tertiary alicyclic amines) is 1. The Kier molecular flexibility index (Phi) is 5.72. The molecule has 0 saturated carbocycles. The fourth-order valence-corrected chi connectivity index (χ4v) is 3.35. The Morgan fingerprint density at radius 3 is 2.68 bits per heavy atom. The number of primary amides is 1. The van der Waals surface area contributed by atoms with Crippen molar-refractivity contribution in [3.63, 3.8) is 0 Å². The lowest BCUT2D eigenvalue weighted by molar-refractivity contribution is -0.123. The summed E-state index contributed by atoms with van der Waals surface area (Å²) in [5, 5.41) is 12.3. The first-order valence-electron chi connectivity index (χ1n) is 8.54. The van der Waals surface area contributed by atoms with E-state index in [1.54, 1.807) is 11.8 Å². The van der Waals surface area contributed by atoms with Crippen molar-refractivity contribution in [2.24, 2.45) is 11.7 Å². The van der Waals surface area contributed by atoms with E-state index in [2.05, 4.69) is 32.6 Å². The average molecular weight is 344 g/mol. The summed E-state index contributed by atoms with van der Waals surface area (Å²) in [6, 6.07) is 10.1. The minimum atomic E-state index is -0.208.